The summed E-state index contributed by atoms with van der Waals surface area (Å²) in [5.74, 6) is 0.839. The average molecular weight is 282 g/mol. The highest BCUT2D eigenvalue weighted by molar-refractivity contribution is 5.62. The smallest absolute Gasteiger partial charge is 0.180 e. The number of hydrogen-bond donors (Lipinski definition) is 1. The summed E-state index contributed by atoms with van der Waals surface area (Å²) in [4.78, 5) is 8.74. The van der Waals surface area contributed by atoms with Crippen molar-refractivity contribution in [2.24, 2.45) is 0 Å². The predicted octanol–water partition coefficient (Wildman–Crippen LogP) is 3.72. The van der Waals surface area contributed by atoms with E-state index in [0.29, 0.717) is 0 Å². The Morgan fingerprint density at radius 3 is 2.62 bits per heavy atom. The molecule has 0 fully saturated rings. The van der Waals surface area contributed by atoms with E-state index in [1.165, 1.54) is 5.56 Å². The minimum atomic E-state index is 0.839. The molecule has 0 saturated heterocycles. The summed E-state index contributed by atoms with van der Waals surface area (Å²) < 4.78 is 2.04. The lowest BCUT2D eigenvalue weighted by atomic mass is 10.1. The first kappa shape index (κ1) is 15.0. The maximum Gasteiger partial charge on any atom is 0.180 e. The molecule has 0 aliphatic heterocycles. The van der Waals surface area contributed by atoms with Gasteiger partial charge in [0.2, 0.25) is 0 Å². The molecule has 21 heavy (non-hydrogen) atoms. The number of aromatic nitrogens is 3. The third kappa shape index (κ3) is 3.60. The normalized spacial score (nSPS) is 10.0. The molecule has 0 spiro atoms. The van der Waals surface area contributed by atoms with E-state index in [1.54, 1.807) is 6.20 Å². The number of hydrogen-bond acceptors (Lipinski definition) is 3. The topological polar surface area (TPSA) is 42.2 Å². The SMILES string of the molecule is CC.Cc1cnc2c(NCCc3ccccc3)nccn12. The zero-order chi connectivity index (χ0) is 15.1. The van der Waals surface area contributed by atoms with Gasteiger partial charge in [0.05, 0.1) is 0 Å². The van der Waals surface area contributed by atoms with Crippen LogP contribution in [0.3, 0.4) is 0 Å². The van der Waals surface area contributed by atoms with Gasteiger partial charge in [0, 0.05) is 30.8 Å². The van der Waals surface area contributed by atoms with Crippen molar-refractivity contribution >= 4 is 11.5 Å². The molecule has 4 nitrogen and oxygen atoms in total. The zero-order valence-corrected chi connectivity index (χ0v) is 12.9. The van der Waals surface area contributed by atoms with E-state index < -0.39 is 0 Å². The molecule has 0 bridgehead atoms. The largest absolute Gasteiger partial charge is 0.367 e. The molecule has 4 heteroatoms. The molecule has 0 aliphatic rings. The van der Waals surface area contributed by atoms with Gasteiger partial charge >= 0.3 is 0 Å². The maximum absolute atomic E-state index is 4.38. The lowest BCUT2D eigenvalue weighted by molar-refractivity contribution is 0.993. The molecule has 2 aromatic heterocycles. The average Bonchev–Trinajstić information content (AvgIpc) is 2.93. The molecule has 0 atom stereocenters. The van der Waals surface area contributed by atoms with E-state index in [4.69, 9.17) is 0 Å². The first-order valence-corrected chi connectivity index (χ1v) is 7.41. The first-order chi connectivity index (χ1) is 10.3. The van der Waals surface area contributed by atoms with Crippen LogP contribution in [0.4, 0.5) is 5.82 Å². The van der Waals surface area contributed by atoms with Crippen molar-refractivity contribution in [2.45, 2.75) is 27.2 Å². The molecule has 2 heterocycles. The van der Waals surface area contributed by atoms with E-state index in [2.05, 4.69) is 39.6 Å². The molecule has 1 aromatic carbocycles. The monoisotopic (exact) mass is 282 g/mol. The number of nitrogens with one attached hydrogen (secondary N) is 1. The molecule has 110 valence electrons. The van der Waals surface area contributed by atoms with Crippen molar-refractivity contribution < 1.29 is 0 Å². The Labute approximate surface area is 125 Å². The van der Waals surface area contributed by atoms with Gasteiger partial charge in [0.25, 0.3) is 0 Å². The zero-order valence-electron chi connectivity index (χ0n) is 12.9. The summed E-state index contributed by atoms with van der Waals surface area (Å²) in [6, 6.07) is 10.4. The molecule has 0 unspecified atom stereocenters. The second-order valence-corrected chi connectivity index (χ2v) is 4.53. The van der Waals surface area contributed by atoms with Gasteiger partial charge in [-0.05, 0) is 18.9 Å². The molecule has 0 aliphatic carbocycles. The van der Waals surface area contributed by atoms with Crippen LogP contribution in [0.5, 0.6) is 0 Å². The van der Waals surface area contributed by atoms with E-state index in [-0.39, 0.29) is 0 Å². The van der Waals surface area contributed by atoms with Crippen LogP contribution in [0, 0.1) is 6.92 Å². The third-order valence-electron chi connectivity index (χ3n) is 3.16. The molecule has 1 N–H and O–H groups in total. The molecule has 0 radical (unpaired) electrons. The van der Waals surface area contributed by atoms with Crippen LogP contribution in [0.1, 0.15) is 25.1 Å². The van der Waals surface area contributed by atoms with Crippen molar-refractivity contribution in [2.75, 3.05) is 11.9 Å². The van der Waals surface area contributed by atoms with Gasteiger partial charge in [-0.1, -0.05) is 44.2 Å². The van der Waals surface area contributed by atoms with E-state index in [1.807, 2.05) is 43.6 Å². The Hall–Kier alpha value is -2.36. The Morgan fingerprint density at radius 1 is 1.10 bits per heavy atom. The number of fused-ring (bicyclic) bond motifs is 1. The van der Waals surface area contributed by atoms with Crippen LogP contribution < -0.4 is 5.32 Å². The Balaban J connectivity index is 0.000000774. The highest BCUT2D eigenvalue weighted by atomic mass is 15.1. The van der Waals surface area contributed by atoms with E-state index >= 15 is 0 Å². The molecule has 3 rings (SSSR count). The van der Waals surface area contributed by atoms with Gasteiger partial charge in [0.15, 0.2) is 11.5 Å². The number of nitrogens with zero attached hydrogens (tertiary/aromatic N) is 3. The summed E-state index contributed by atoms with van der Waals surface area (Å²) in [6.07, 6.45) is 6.56. The van der Waals surface area contributed by atoms with Gasteiger partial charge in [-0.2, -0.15) is 0 Å². The number of benzene rings is 1. The van der Waals surface area contributed by atoms with E-state index in [9.17, 15) is 0 Å². The summed E-state index contributed by atoms with van der Waals surface area (Å²) >= 11 is 0. The maximum atomic E-state index is 4.38. The van der Waals surface area contributed by atoms with Gasteiger partial charge in [-0.3, -0.25) is 4.40 Å². The number of anilines is 1. The van der Waals surface area contributed by atoms with Crippen molar-refractivity contribution in [3.63, 3.8) is 0 Å². The highest BCUT2D eigenvalue weighted by Gasteiger charge is 2.05. The summed E-state index contributed by atoms with van der Waals surface area (Å²) in [5, 5.41) is 3.36. The van der Waals surface area contributed by atoms with Crippen LogP contribution in [-0.4, -0.2) is 20.9 Å². The number of rotatable bonds is 4. The molecule has 3 aromatic rings. The fourth-order valence-corrected chi connectivity index (χ4v) is 2.14. The predicted molar refractivity (Wildman–Crippen MR) is 87.7 cm³/mol. The van der Waals surface area contributed by atoms with Crippen molar-refractivity contribution in [3.8, 4) is 0 Å². The molecule has 0 amide bonds. The number of aryl methyl sites for hydroxylation is 1. The summed E-state index contributed by atoms with van der Waals surface area (Å²) in [5.41, 5.74) is 3.32. The van der Waals surface area contributed by atoms with Crippen molar-refractivity contribution in [1.29, 1.82) is 0 Å². The van der Waals surface area contributed by atoms with Gasteiger partial charge < -0.3 is 5.32 Å². The van der Waals surface area contributed by atoms with Crippen LogP contribution in [0.2, 0.25) is 0 Å². The minimum absolute atomic E-state index is 0.839. The highest BCUT2D eigenvalue weighted by Crippen LogP contribution is 2.13. The summed E-state index contributed by atoms with van der Waals surface area (Å²) in [7, 11) is 0. The van der Waals surface area contributed by atoms with Gasteiger partial charge in [-0.15, -0.1) is 0 Å². The Bertz CT molecular complexity index is 674. The standard InChI is InChI=1S/C15H16N4.C2H6/c1-12-11-18-15-14(17-9-10-19(12)15)16-8-7-13-5-3-2-4-6-13;1-2/h2-6,9-11H,7-8H2,1H3,(H,16,17);1-2H3. The van der Waals surface area contributed by atoms with Crippen molar-refractivity contribution in [1.82, 2.24) is 14.4 Å². The Kier molecular flexibility index (Phi) is 5.32. The quantitative estimate of drug-likeness (QED) is 0.793. The second kappa shape index (κ2) is 7.43. The first-order valence-electron chi connectivity index (χ1n) is 7.41. The Morgan fingerprint density at radius 2 is 1.86 bits per heavy atom. The van der Waals surface area contributed by atoms with Gasteiger partial charge in [0.1, 0.15) is 0 Å². The minimum Gasteiger partial charge on any atom is -0.367 e. The van der Waals surface area contributed by atoms with Gasteiger partial charge in [-0.25, -0.2) is 9.97 Å². The van der Waals surface area contributed by atoms with Crippen molar-refractivity contribution in [3.05, 3.63) is 60.2 Å². The van der Waals surface area contributed by atoms with Crippen LogP contribution in [0.15, 0.2) is 48.9 Å². The number of imidazole rings is 1. The lowest BCUT2D eigenvalue weighted by Gasteiger charge is -2.07. The molecular weight excluding hydrogens is 260 g/mol. The third-order valence-corrected chi connectivity index (χ3v) is 3.16. The lowest BCUT2D eigenvalue weighted by Crippen LogP contribution is -2.07. The fourth-order valence-electron chi connectivity index (χ4n) is 2.14. The molecular formula is C17H22N4. The van der Waals surface area contributed by atoms with Crippen LogP contribution >= 0.6 is 0 Å². The van der Waals surface area contributed by atoms with Crippen LogP contribution in [-0.2, 0) is 6.42 Å². The van der Waals surface area contributed by atoms with E-state index in [0.717, 1.165) is 30.1 Å². The second-order valence-electron chi connectivity index (χ2n) is 4.53. The summed E-state index contributed by atoms with van der Waals surface area (Å²) in [6.45, 7) is 6.89. The van der Waals surface area contributed by atoms with Crippen LogP contribution in [0.25, 0.3) is 5.65 Å². The fraction of sp³-hybridized carbons (Fsp3) is 0.294. The molecule has 0 saturated carbocycles.